The number of aldehydes is 1. The molecule has 0 bridgehead atoms. The van der Waals surface area contributed by atoms with Gasteiger partial charge in [-0.1, -0.05) is 38.3 Å². The minimum Gasteiger partial charge on any atom is -0.303 e. The van der Waals surface area contributed by atoms with E-state index < -0.39 is 0 Å². The van der Waals surface area contributed by atoms with Gasteiger partial charge in [-0.05, 0) is 25.7 Å². The zero-order chi connectivity index (χ0) is 9.57. The van der Waals surface area contributed by atoms with Crippen LogP contribution >= 0.6 is 0 Å². The van der Waals surface area contributed by atoms with E-state index in [4.69, 9.17) is 0 Å². The Morgan fingerprint density at radius 1 is 1.38 bits per heavy atom. The molecule has 0 aromatic heterocycles. The molecule has 0 aliphatic heterocycles. The SMILES string of the molecule is CCCCCC1(C=O)CC=CCC1. The summed E-state index contributed by atoms with van der Waals surface area (Å²) >= 11 is 0. The molecular formula is C12H20O. The summed E-state index contributed by atoms with van der Waals surface area (Å²) in [5, 5.41) is 0. The Bertz CT molecular complexity index is 184. The van der Waals surface area contributed by atoms with Crippen LogP contribution in [0.5, 0.6) is 0 Å². The second kappa shape index (κ2) is 5.21. The number of carbonyl (C=O) groups is 1. The van der Waals surface area contributed by atoms with E-state index in [-0.39, 0.29) is 5.41 Å². The van der Waals surface area contributed by atoms with Crippen LogP contribution in [0.25, 0.3) is 0 Å². The summed E-state index contributed by atoms with van der Waals surface area (Å²) in [6, 6.07) is 0. The van der Waals surface area contributed by atoms with E-state index in [1.165, 1.54) is 25.5 Å². The molecular weight excluding hydrogens is 160 g/mol. The Morgan fingerprint density at radius 2 is 2.23 bits per heavy atom. The third-order valence-corrected chi connectivity index (χ3v) is 3.03. The van der Waals surface area contributed by atoms with Crippen molar-refractivity contribution in [3.8, 4) is 0 Å². The van der Waals surface area contributed by atoms with Gasteiger partial charge in [0.1, 0.15) is 6.29 Å². The summed E-state index contributed by atoms with van der Waals surface area (Å²) in [5.41, 5.74) is 0.00389. The monoisotopic (exact) mass is 180 g/mol. The Morgan fingerprint density at radius 3 is 2.77 bits per heavy atom. The molecule has 0 N–H and O–H groups in total. The van der Waals surface area contributed by atoms with Crippen molar-refractivity contribution in [3.05, 3.63) is 12.2 Å². The summed E-state index contributed by atoms with van der Waals surface area (Å²) in [7, 11) is 0. The van der Waals surface area contributed by atoms with Crippen molar-refractivity contribution in [3.63, 3.8) is 0 Å². The van der Waals surface area contributed by atoms with Gasteiger partial charge in [0, 0.05) is 5.41 Å². The van der Waals surface area contributed by atoms with Crippen LogP contribution in [0.4, 0.5) is 0 Å². The molecule has 1 aliphatic carbocycles. The lowest BCUT2D eigenvalue weighted by molar-refractivity contribution is -0.117. The van der Waals surface area contributed by atoms with E-state index >= 15 is 0 Å². The fourth-order valence-electron chi connectivity index (χ4n) is 2.03. The van der Waals surface area contributed by atoms with Crippen LogP contribution in [0.1, 0.15) is 51.9 Å². The van der Waals surface area contributed by atoms with Crippen LogP contribution in [-0.2, 0) is 4.79 Å². The highest BCUT2D eigenvalue weighted by Crippen LogP contribution is 2.35. The lowest BCUT2D eigenvalue weighted by atomic mass is 9.75. The first-order valence-electron chi connectivity index (χ1n) is 5.44. The van der Waals surface area contributed by atoms with Crippen molar-refractivity contribution in [2.24, 2.45) is 5.41 Å². The first kappa shape index (κ1) is 10.5. The molecule has 0 saturated carbocycles. The van der Waals surface area contributed by atoms with Gasteiger partial charge in [-0.3, -0.25) is 0 Å². The van der Waals surface area contributed by atoms with Gasteiger partial charge in [0.15, 0.2) is 0 Å². The fourth-order valence-corrected chi connectivity index (χ4v) is 2.03. The Kier molecular flexibility index (Phi) is 4.20. The van der Waals surface area contributed by atoms with Crippen LogP contribution in [0.2, 0.25) is 0 Å². The average Bonchev–Trinajstić information content (AvgIpc) is 2.20. The lowest BCUT2D eigenvalue weighted by Gasteiger charge is -2.28. The molecule has 0 saturated heterocycles. The molecule has 13 heavy (non-hydrogen) atoms. The minimum absolute atomic E-state index is 0.00389. The molecule has 1 nitrogen and oxygen atoms in total. The lowest BCUT2D eigenvalue weighted by Crippen LogP contribution is -2.23. The zero-order valence-electron chi connectivity index (χ0n) is 8.59. The Labute approximate surface area is 81.2 Å². The number of carbonyl (C=O) groups excluding carboxylic acids is 1. The highest BCUT2D eigenvalue weighted by Gasteiger charge is 2.28. The summed E-state index contributed by atoms with van der Waals surface area (Å²) < 4.78 is 0. The van der Waals surface area contributed by atoms with E-state index in [1.54, 1.807) is 0 Å². The van der Waals surface area contributed by atoms with Crippen LogP contribution in [-0.4, -0.2) is 6.29 Å². The first-order chi connectivity index (χ1) is 6.33. The number of hydrogen-bond donors (Lipinski definition) is 0. The highest BCUT2D eigenvalue weighted by atomic mass is 16.1. The van der Waals surface area contributed by atoms with E-state index in [0.717, 1.165) is 25.7 Å². The largest absolute Gasteiger partial charge is 0.303 e. The summed E-state index contributed by atoms with van der Waals surface area (Å²) in [4.78, 5) is 11.0. The van der Waals surface area contributed by atoms with Crippen molar-refractivity contribution in [1.29, 1.82) is 0 Å². The molecule has 1 heteroatoms. The molecule has 0 aromatic rings. The molecule has 1 unspecified atom stereocenters. The first-order valence-corrected chi connectivity index (χ1v) is 5.44. The summed E-state index contributed by atoms with van der Waals surface area (Å²) in [5.74, 6) is 0. The number of hydrogen-bond acceptors (Lipinski definition) is 1. The second-order valence-corrected chi connectivity index (χ2v) is 4.15. The normalized spacial score (nSPS) is 27.5. The number of rotatable bonds is 5. The highest BCUT2D eigenvalue weighted by molar-refractivity contribution is 5.60. The van der Waals surface area contributed by atoms with Crippen LogP contribution in [0.3, 0.4) is 0 Å². The molecule has 0 fully saturated rings. The number of unbranched alkanes of at least 4 members (excludes halogenated alkanes) is 2. The standard InChI is InChI=1S/C12H20O/c1-2-3-5-8-12(11-13)9-6-4-7-10-12/h4,6,11H,2-3,5,7-10H2,1H3. The van der Waals surface area contributed by atoms with Gasteiger partial charge in [0.2, 0.25) is 0 Å². The maximum atomic E-state index is 11.0. The minimum atomic E-state index is 0.00389. The summed E-state index contributed by atoms with van der Waals surface area (Å²) in [6.07, 6.45) is 13.5. The maximum Gasteiger partial charge on any atom is 0.126 e. The van der Waals surface area contributed by atoms with Crippen LogP contribution in [0, 0.1) is 5.41 Å². The van der Waals surface area contributed by atoms with Crippen molar-refractivity contribution in [1.82, 2.24) is 0 Å². The molecule has 0 amide bonds. The van der Waals surface area contributed by atoms with Gasteiger partial charge in [-0.15, -0.1) is 0 Å². The maximum absolute atomic E-state index is 11.0. The molecule has 0 spiro atoms. The average molecular weight is 180 g/mol. The van der Waals surface area contributed by atoms with E-state index in [1.807, 2.05) is 0 Å². The van der Waals surface area contributed by atoms with Crippen LogP contribution < -0.4 is 0 Å². The molecule has 1 aliphatic rings. The third kappa shape index (κ3) is 2.98. The second-order valence-electron chi connectivity index (χ2n) is 4.15. The molecule has 74 valence electrons. The molecule has 0 radical (unpaired) electrons. The summed E-state index contributed by atoms with van der Waals surface area (Å²) in [6.45, 7) is 2.20. The molecule has 1 rings (SSSR count). The van der Waals surface area contributed by atoms with Crippen molar-refractivity contribution < 1.29 is 4.79 Å². The van der Waals surface area contributed by atoms with Crippen molar-refractivity contribution in [2.75, 3.05) is 0 Å². The molecule has 1 atom stereocenters. The van der Waals surface area contributed by atoms with Crippen LogP contribution in [0.15, 0.2) is 12.2 Å². The smallest absolute Gasteiger partial charge is 0.126 e. The Hall–Kier alpha value is -0.590. The van der Waals surface area contributed by atoms with Crippen molar-refractivity contribution >= 4 is 6.29 Å². The van der Waals surface area contributed by atoms with Crippen molar-refractivity contribution in [2.45, 2.75) is 51.9 Å². The molecule has 0 heterocycles. The van der Waals surface area contributed by atoms with Gasteiger partial charge in [-0.25, -0.2) is 0 Å². The van der Waals surface area contributed by atoms with Gasteiger partial charge < -0.3 is 4.79 Å². The fraction of sp³-hybridized carbons (Fsp3) is 0.750. The van der Waals surface area contributed by atoms with E-state index in [0.29, 0.717) is 0 Å². The zero-order valence-corrected chi connectivity index (χ0v) is 8.59. The predicted molar refractivity (Wildman–Crippen MR) is 55.6 cm³/mol. The Balaban J connectivity index is 2.39. The van der Waals surface area contributed by atoms with Gasteiger partial charge in [-0.2, -0.15) is 0 Å². The van der Waals surface area contributed by atoms with E-state index in [2.05, 4.69) is 19.1 Å². The topological polar surface area (TPSA) is 17.1 Å². The predicted octanol–water partition coefficient (Wildman–Crippen LogP) is 3.49. The van der Waals surface area contributed by atoms with E-state index in [9.17, 15) is 4.79 Å². The number of allylic oxidation sites excluding steroid dienone is 2. The molecule has 0 aromatic carbocycles. The quantitative estimate of drug-likeness (QED) is 0.359. The van der Waals surface area contributed by atoms with Gasteiger partial charge in [0.25, 0.3) is 0 Å². The van der Waals surface area contributed by atoms with Gasteiger partial charge >= 0.3 is 0 Å². The third-order valence-electron chi connectivity index (χ3n) is 3.03. The van der Waals surface area contributed by atoms with Gasteiger partial charge in [0.05, 0.1) is 0 Å².